The van der Waals surface area contributed by atoms with Gasteiger partial charge in [0.1, 0.15) is 5.69 Å². The first-order chi connectivity index (χ1) is 14.2. The molecule has 30 heavy (non-hydrogen) atoms. The highest BCUT2D eigenvalue weighted by atomic mass is 32.2. The van der Waals surface area contributed by atoms with Crippen molar-refractivity contribution in [2.45, 2.75) is 32.1 Å². The van der Waals surface area contributed by atoms with Crippen LogP contribution in [0, 0.1) is 13.8 Å². The zero-order valence-corrected chi connectivity index (χ0v) is 18.5. The number of piperazine rings is 1. The van der Waals surface area contributed by atoms with Crippen LogP contribution in [0.15, 0.2) is 29.2 Å². The van der Waals surface area contributed by atoms with Crippen molar-refractivity contribution in [3.8, 4) is 0 Å². The van der Waals surface area contributed by atoms with Crippen molar-refractivity contribution in [2.75, 3.05) is 33.3 Å². The van der Waals surface area contributed by atoms with Gasteiger partial charge >= 0.3 is 5.97 Å². The summed E-state index contributed by atoms with van der Waals surface area (Å²) in [4.78, 5) is 30.1. The number of amides is 1. The number of hydrogen-bond acceptors (Lipinski definition) is 5. The van der Waals surface area contributed by atoms with Crippen LogP contribution in [0.4, 0.5) is 0 Å². The molecule has 0 spiro atoms. The first-order valence-corrected chi connectivity index (χ1v) is 11.3. The van der Waals surface area contributed by atoms with E-state index in [4.69, 9.17) is 4.74 Å². The molecule has 162 valence electrons. The van der Waals surface area contributed by atoms with E-state index in [0.29, 0.717) is 28.9 Å². The summed E-state index contributed by atoms with van der Waals surface area (Å²) in [5.41, 5.74) is 2.94. The van der Waals surface area contributed by atoms with Crippen molar-refractivity contribution >= 4 is 21.9 Å². The number of aromatic amines is 1. The first kappa shape index (κ1) is 22.0. The van der Waals surface area contributed by atoms with Gasteiger partial charge in [-0.2, -0.15) is 4.31 Å². The van der Waals surface area contributed by atoms with Gasteiger partial charge < -0.3 is 14.6 Å². The van der Waals surface area contributed by atoms with Crippen molar-refractivity contribution in [2.24, 2.45) is 0 Å². The van der Waals surface area contributed by atoms with Gasteiger partial charge in [0.25, 0.3) is 5.91 Å². The van der Waals surface area contributed by atoms with E-state index in [9.17, 15) is 18.0 Å². The molecule has 1 aliphatic heterocycles. The summed E-state index contributed by atoms with van der Waals surface area (Å²) in [5.74, 6) is -0.724. The van der Waals surface area contributed by atoms with Crippen LogP contribution in [0.25, 0.3) is 0 Å². The Morgan fingerprint density at radius 2 is 1.67 bits per heavy atom. The van der Waals surface area contributed by atoms with Gasteiger partial charge in [0, 0.05) is 31.9 Å². The van der Waals surface area contributed by atoms with Crippen LogP contribution in [-0.4, -0.2) is 67.8 Å². The molecule has 0 saturated carbocycles. The second kappa shape index (κ2) is 8.61. The number of nitrogens with zero attached hydrogens (tertiary/aromatic N) is 2. The summed E-state index contributed by atoms with van der Waals surface area (Å²) < 4.78 is 32.0. The molecule has 3 rings (SSSR count). The van der Waals surface area contributed by atoms with Crippen molar-refractivity contribution in [3.05, 3.63) is 52.3 Å². The quantitative estimate of drug-likeness (QED) is 0.728. The molecule has 1 aliphatic rings. The number of carbonyl (C=O) groups is 2. The third kappa shape index (κ3) is 3.99. The second-order valence-electron chi connectivity index (χ2n) is 7.33. The molecule has 1 aromatic carbocycles. The molecule has 8 nitrogen and oxygen atoms in total. The Hall–Kier alpha value is -2.65. The number of nitrogens with one attached hydrogen (secondary N) is 1. The number of H-pyrrole nitrogens is 1. The largest absolute Gasteiger partial charge is 0.465 e. The number of methoxy groups -OCH3 is 1. The Morgan fingerprint density at radius 1 is 1.07 bits per heavy atom. The van der Waals surface area contributed by atoms with E-state index in [0.717, 1.165) is 5.56 Å². The minimum absolute atomic E-state index is 0.214. The minimum Gasteiger partial charge on any atom is -0.465 e. The maximum atomic E-state index is 13.1. The fraction of sp³-hybridized carbons (Fsp3) is 0.429. The van der Waals surface area contributed by atoms with Gasteiger partial charge in [0.2, 0.25) is 10.0 Å². The van der Waals surface area contributed by atoms with Gasteiger partial charge in [-0.25, -0.2) is 13.2 Å². The van der Waals surface area contributed by atoms with E-state index in [2.05, 4.69) is 4.98 Å². The number of benzene rings is 1. The highest BCUT2D eigenvalue weighted by molar-refractivity contribution is 7.89. The monoisotopic (exact) mass is 433 g/mol. The summed E-state index contributed by atoms with van der Waals surface area (Å²) >= 11 is 0. The number of rotatable bonds is 5. The van der Waals surface area contributed by atoms with Crippen LogP contribution < -0.4 is 0 Å². The Balaban J connectivity index is 1.75. The summed E-state index contributed by atoms with van der Waals surface area (Å²) in [5, 5.41) is 0. The number of ether oxygens (including phenoxy) is 1. The normalized spacial score (nSPS) is 15.3. The number of aromatic nitrogens is 1. The SMILES string of the molecule is CCc1[nH]c(C(=O)N2CCN(S(=O)(=O)c3ccc(C)cc3)CC2)c(C)c1C(=O)OC. The number of esters is 1. The molecular weight excluding hydrogens is 406 g/mol. The van der Waals surface area contributed by atoms with Crippen LogP contribution in [0.3, 0.4) is 0 Å². The van der Waals surface area contributed by atoms with Crippen molar-refractivity contribution < 1.29 is 22.7 Å². The van der Waals surface area contributed by atoms with Crippen molar-refractivity contribution in [1.29, 1.82) is 0 Å². The number of hydrogen-bond donors (Lipinski definition) is 1. The molecule has 0 unspecified atom stereocenters. The predicted molar refractivity (Wildman–Crippen MR) is 112 cm³/mol. The fourth-order valence-electron chi connectivity index (χ4n) is 3.66. The molecule has 1 amide bonds. The summed E-state index contributed by atoms with van der Waals surface area (Å²) in [6.07, 6.45) is 0.557. The standard InChI is InChI=1S/C21H27N3O5S/c1-5-17-18(21(26)29-4)15(3)19(22-17)20(25)23-10-12-24(13-11-23)30(27,28)16-8-6-14(2)7-9-16/h6-9,22H,5,10-13H2,1-4H3. The van der Waals surface area contributed by atoms with E-state index < -0.39 is 16.0 Å². The number of aryl methyl sites for hydroxylation is 2. The van der Waals surface area contributed by atoms with E-state index >= 15 is 0 Å². The van der Waals surface area contributed by atoms with Gasteiger partial charge in [0.15, 0.2) is 0 Å². The summed E-state index contributed by atoms with van der Waals surface area (Å²) in [6.45, 7) is 6.49. The van der Waals surface area contributed by atoms with Crippen LogP contribution >= 0.6 is 0 Å². The smallest absolute Gasteiger partial charge is 0.339 e. The van der Waals surface area contributed by atoms with E-state index in [1.54, 1.807) is 36.1 Å². The topological polar surface area (TPSA) is 99.8 Å². The van der Waals surface area contributed by atoms with Gasteiger partial charge in [0.05, 0.1) is 17.6 Å². The molecule has 1 saturated heterocycles. The van der Waals surface area contributed by atoms with Gasteiger partial charge in [-0.1, -0.05) is 24.6 Å². The number of sulfonamides is 1. The average molecular weight is 434 g/mol. The lowest BCUT2D eigenvalue weighted by molar-refractivity contribution is 0.0599. The highest BCUT2D eigenvalue weighted by Gasteiger charge is 2.32. The average Bonchev–Trinajstić information content (AvgIpc) is 3.09. The predicted octanol–water partition coefficient (Wildman–Crippen LogP) is 2.13. The molecule has 1 fully saturated rings. The minimum atomic E-state index is -3.60. The number of carbonyl (C=O) groups excluding carboxylic acids is 2. The van der Waals surface area contributed by atoms with Crippen LogP contribution in [0.2, 0.25) is 0 Å². The molecular formula is C21H27N3O5S. The lowest BCUT2D eigenvalue weighted by Crippen LogP contribution is -2.50. The van der Waals surface area contributed by atoms with Gasteiger partial charge in [-0.3, -0.25) is 4.79 Å². The van der Waals surface area contributed by atoms with Gasteiger partial charge in [-0.05, 0) is 38.0 Å². The molecule has 0 aliphatic carbocycles. The molecule has 0 radical (unpaired) electrons. The van der Waals surface area contributed by atoms with Crippen LogP contribution in [0.5, 0.6) is 0 Å². The van der Waals surface area contributed by atoms with E-state index in [1.165, 1.54) is 11.4 Å². The Kier molecular flexibility index (Phi) is 6.33. The zero-order valence-electron chi connectivity index (χ0n) is 17.7. The van der Waals surface area contributed by atoms with E-state index in [1.807, 2.05) is 13.8 Å². The lowest BCUT2D eigenvalue weighted by Gasteiger charge is -2.34. The molecule has 0 atom stereocenters. The molecule has 1 aromatic heterocycles. The Morgan fingerprint density at radius 3 is 2.20 bits per heavy atom. The van der Waals surface area contributed by atoms with Crippen LogP contribution in [0.1, 0.15) is 44.6 Å². The molecule has 9 heteroatoms. The highest BCUT2D eigenvalue weighted by Crippen LogP contribution is 2.23. The van der Waals surface area contributed by atoms with Crippen LogP contribution in [-0.2, 0) is 21.2 Å². The fourth-order valence-corrected chi connectivity index (χ4v) is 5.09. The summed E-state index contributed by atoms with van der Waals surface area (Å²) in [6, 6.07) is 6.74. The third-order valence-electron chi connectivity index (χ3n) is 5.47. The second-order valence-corrected chi connectivity index (χ2v) is 9.27. The zero-order chi connectivity index (χ0) is 22.1. The molecule has 2 heterocycles. The molecule has 0 bridgehead atoms. The van der Waals surface area contributed by atoms with Crippen molar-refractivity contribution in [3.63, 3.8) is 0 Å². The molecule has 2 aromatic rings. The summed E-state index contributed by atoms with van der Waals surface area (Å²) in [7, 11) is -2.29. The van der Waals surface area contributed by atoms with Crippen molar-refractivity contribution in [1.82, 2.24) is 14.2 Å². The maximum Gasteiger partial charge on any atom is 0.339 e. The van der Waals surface area contributed by atoms with Gasteiger partial charge in [-0.15, -0.1) is 0 Å². The maximum absolute atomic E-state index is 13.1. The lowest BCUT2D eigenvalue weighted by atomic mass is 10.1. The third-order valence-corrected chi connectivity index (χ3v) is 7.38. The molecule has 1 N–H and O–H groups in total. The van der Waals surface area contributed by atoms with E-state index in [-0.39, 0.29) is 37.0 Å². The Bertz CT molecular complexity index is 1050. The Labute approximate surface area is 176 Å². The first-order valence-electron chi connectivity index (χ1n) is 9.86.